The minimum Gasteiger partial charge on any atom is -0.497 e. The van der Waals surface area contributed by atoms with Gasteiger partial charge in [-0.25, -0.2) is 0 Å². The topological polar surface area (TPSA) is 56.8 Å². The van der Waals surface area contributed by atoms with Gasteiger partial charge in [-0.05, 0) is 49.4 Å². The maximum Gasteiger partial charge on any atom is 0.251 e. The van der Waals surface area contributed by atoms with E-state index in [9.17, 15) is 4.79 Å². The lowest BCUT2D eigenvalue weighted by Gasteiger charge is -2.15. The van der Waals surface area contributed by atoms with Crippen LogP contribution in [0.3, 0.4) is 0 Å². The van der Waals surface area contributed by atoms with Gasteiger partial charge in [0.25, 0.3) is 5.91 Å². The smallest absolute Gasteiger partial charge is 0.251 e. The highest BCUT2D eigenvalue weighted by atomic mass is 16.5. The Morgan fingerprint density at radius 3 is 2.30 bits per heavy atom. The molecule has 2 aromatic carbocycles. The van der Waals surface area contributed by atoms with Gasteiger partial charge in [0.15, 0.2) is 0 Å². The Kier molecular flexibility index (Phi) is 5.86. The molecule has 0 bridgehead atoms. The highest BCUT2D eigenvalue weighted by molar-refractivity contribution is 5.94. The number of hydrogen-bond acceptors (Lipinski definition) is 4. The molecule has 0 saturated carbocycles. The van der Waals surface area contributed by atoms with Crippen LogP contribution in [0.5, 0.6) is 17.2 Å². The van der Waals surface area contributed by atoms with Crippen molar-refractivity contribution in [1.29, 1.82) is 0 Å². The second-order valence-electron chi connectivity index (χ2n) is 5.09. The number of benzene rings is 2. The summed E-state index contributed by atoms with van der Waals surface area (Å²) in [5, 5.41) is 2.90. The monoisotopic (exact) mass is 315 g/mol. The summed E-state index contributed by atoms with van der Waals surface area (Å²) < 4.78 is 15.9. The van der Waals surface area contributed by atoms with Crippen LogP contribution in [0.2, 0.25) is 0 Å². The van der Waals surface area contributed by atoms with Crippen molar-refractivity contribution in [2.24, 2.45) is 0 Å². The van der Waals surface area contributed by atoms with E-state index in [0.717, 1.165) is 11.5 Å². The molecule has 5 heteroatoms. The van der Waals surface area contributed by atoms with Gasteiger partial charge < -0.3 is 19.5 Å². The normalized spacial score (nSPS) is 11.4. The summed E-state index contributed by atoms with van der Waals surface area (Å²) in [4.78, 5) is 12.2. The molecular formula is C18H21NO4. The quantitative estimate of drug-likeness (QED) is 0.853. The zero-order valence-corrected chi connectivity index (χ0v) is 13.5. The number of rotatable bonds is 7. The number of carbonyl (C=O) groups excluding carboxylic acids is 1. The summed E-state index contributed by atoms with van der Waals surface area (Å²) in [5.74, 6) is 2.00. The Morgan fingerprint density at radius 1 is 1.00 bits per heavy atom. The lowest BCUT2D eigenvalue weighted by Crippen LogP contribution is -2.36. The number of methoxy groups -OCH3 is 2. The van der Waals surface area contributed by atoms with Gasteiger partial charge in [0.2, 0.25) is 0 Å². The fraction of sp³-hybridized carbons (Fsp3) is 0.278. The van der Waals surface area contributed by atoms with Gasteiger partial charge in [0.05, 0.1) is 20.3 Å². The molecule has 2 rings (SSSR count). The molecule has 122 valence electrons. The molecule has 23 heavy (non-hydrogen) atoms. The molecule has 0 unspecified atom stereocenters. The van der Waals surface area contributed by atoms with Crippen LogP contribution in [-0.4, -0.2) is 32.8 Å². The minimum atomic E-state index is -0.158. The number of hydrogen-bond donors (Lipinski definition) is 1. The molecule has 5 nitrogen and oxygen atoms in total. The third kappa shape index (κ3) is 4.92. The summed E-state index contributed by atoms with van der Waals surface area (Å²) in [7, 11) is 3.19. The summed E-state index contributed by atoms with van der Waals surface area (Å²) in [6.45, 7) is 2.27. The van der Waals surface area contributed by atoms with Crippen molar-refractivity contribution < 1.29 is 19.0 Å². The van der Waals surface area contributed by atoms with Crippen molar-refractivity contribution in [3.05, 3.63) is 54.1 Å². The molecule has 2 aromatic rings. The van der Waals surface area contributed by atoms with Crippen molar-refractivity contribution in [2.45, 2.75) is 13.0 Å². The van der Waals surface area contributed by atoms with Crippen molar-refractivity contribution >= 4 is 5.91 Å². The molecule has 0 heterocycles. The third-order valence-electron chi connectivity index (χ3n) is 3.27. The van der Waals surface area contributed by atoms with Gasteiger partial charge >= 0.3 is 0 Å². The maximum atomic E-state index is 12.2. The average Bonchev–Trinajstić information content (AvgIpc) is 2.60. The molecule has 0 spiro atoms. The van der Waals surface area contributed by atoms with Crippen LogP contribution in [-0.2, 0) is 0 Å². The molecule has 0 aliphatic carbocycles. The van der Waals surface area contributed by atoms with Crippen LogP contribution in [0.15, 0.2) is 48.5 Å². The van der Waals surface area contributed by atoms with Gasteiger partial charge in [-0.2, -0.15) is 0 Å². The molecule has 0 aromatic heterocycles. The molecule has 0 radical (unpaired) electrons. The Morgan fingerprint density at radius 2 is 1.65 bits per heavy atom. The predicted octanol–water partition coefficient (Wildman–Crippen LogP) is 2.90. The van der Waals surface area contributed by atoms with E-state index in [1.807, 2.05) is 31.2 Å². The Hall–Kier alpha value is -2.69. The fourth-order valence-corrected chi connectivity index (χ4v) is 2.01. The largest absolute Gasteiger partial charge is 0.497 e. The van der Waals surface area contributed by atoms with E-state index in [1.165, 1.54) is 0 Å². The van der Waals surface area contributed by atoms with Crippen molar-refractivity contribution in [2.75, 3.05) is 20.8 Å². The summed E-state index contributed by atoms with van der Waals surface area (Å²) in [6, 6.07) is 14.2. The minimum absolute atomic E-state index is 0.129. The predicted molar refractivity (Wildman–Crippen MR) is 88.4 cm³/mol. The van der Waals surface area contributed by atoms with E-state index in [4.69, 9.17) is 14.2 Å². The van der Waals surface area contributed by atoms with Gasteiger partial charge in [-0.1, -0.05) is 6.07 Å². The van der Waals surface area contributed by atoms with Gasteiger partial charge in [-0.15, -0.1) is 0 Å². The highest BCUT2D eigenvalue weighted by Gasteiger charge is 2.11. The molecule has 0 saturated heterocycles. The first-order chi connectivity index (χ1) is 11.1. The van der Waals surface area contributed by atoms with Crippen molar-refractivity contribution in [1.82, 2.24) is 5.32 Å². The molecular weight excluding hydrogens is 294 g/mol. The lowest BCUT2D eigenvalue weighted by atomic mass is 10.2. The number of amides is 1. The number of carbonyl (C=O) groups is 1. The second kappa shape index (κ2) is 8.08. The highest BCUT2D eigenvalue weighted by Crippen LogP contribution is 2.17. The molecule has 1 atom stereocenters. The van der Waals surface area contributed by atoms with Crippen molar-refractivity contribution in [3.63, 3.8) is 0 Å². The van der Waals surface area contributed by atoms with E-state index in [1.54, 1.807) is 38.5 Å². The van der Waals surface area contributed by atoms with E-state index in [-0.39, 0.29) is 11.9 Å². The van der Waals surface area contributed by atoms with Crippen LogP contribution in [0, 0.1) is 0 Å². The first kappa shape index (κ1) is 16.7. The van der Waals surface area contributed by atoms with Crippen LogP contribution in [0.25, 0.3) is 0 Å². The second-order valence-corrected chi connectivity index (χ2v) is 5.09. The van der Waals surface area contributed by atoms with Gasteiger partial charge in [0.1, 0.15) is 23.9 Å². The lowest BCUT2D eigenvalue weighted by molar-refractivity contribution is 0.0926. The number of ether oxygens (including phenoxy) is 3. The van der Waals surface area contributed by atoms with Crippen LogP contribution >= 0.6 is 0 Å². The zero-order chi connectivity index (χ0) is 16.7. The summed E-state index contributed by atoms with van der Waals surface area (Å²) in [5.41, 5.74) is 0.556. The first-order valence-electron chi connectivity index (χ1n) is 7.34. The first-order valence-corrected chi connectivity index (χ1v) is 7.34. The van der Waals surface area contributed by atoms with Crippen LogP contribution in [0.4, 0.5) is 0 Å². The van der Waals surface area contributed by atoms with E-state index < -0.39 is 0 Å². The Balaban J connectivity index is 1.85. The standard InChI is InChI=1S/C18H21NO4/c1-13(12-23-16-9-7-15(21-2)8-10-16)19-18(20)14-5-4-6-17(11-14)22-3/h4-11,13H,12H2,1-3H3,(H,19,20)/t13-/m1/s1. The fourth-order valence-electron chi connectivity index (χ4n) is 2.01. The van der Waals surface area contributed by atoms with E-state index in [0.29, 0.717) is 17.9 Å². The summed E-state index contributed by atoms with van der Waals surface area (Å²) >= 11 is 0. The Bertz CT molecular complexity index is 640. The summed E-state index contributed by atoms with van der Waals surface area (Å²) in [6.07, 6.45) is 0. The molecule has 1 N–H and O–H groups in total. The third-order valence-corrected chi connectivity index (χ3v) is 3.27. The van der Waals surface area contributed by atoms with Gasteiger partial charge in [-0.3, -0.25) is 4.79 Å². The molecule has 1 amide bonds. The molecule has 0 fully saturated rings. The molecule has 0 aliphatic heterocycles. The van der Waals surface area contributed by atoms with E-state index >= 15 is 0 Å². The van der Waals surface area contributed by atoms with Gasteiger partial charge in [0, 0.05) is 5.56 Å². The number of nitrogens with one attached hydrogen (secondary N) is 1. The zero-order valence-electron chi connectivity index (χ0n) is 13.5. The SMILES string of the molecule is COc1ccc(OC[C@@H](C)NC(=O)c2cccc(OC)c2)cc1. The van der Waals surface area contributed by atoms with E-state index in [2.05, 4.69) is 5.32 Å². The van der Waals surface area contributed by atoms with Crippen LogP contribution in [0.1, 0.15) is 17.3 Å². The Labute approximate surface area is 136 Å². The maximum absolute atomic E-state index is 12.2. The van der Waals surface area contributed by atoms with Crippen molar-refractivity contribution in [3.8, 4) is 17.2 Å². The van der Waals surface area contributed by atoms with Crippen LogP contribution < -0.4 is 19.5 Å². The molecule has 0 aliphatic rings. The average molecular weight is 315 g/mol.